The Morgan fingerprint density at radius 1 is 1.22 bits per heavy atom. The zero-order chi connectivity index (χ0) is 16.6. The van der Waals surface area contributed by atoms with E-state index in [1.807, 2.05) is 6.92 Å². The smallest absolute Gasteiger partial charge is 0.272 e. The lowest BCUT2D eigenvalue weighted by atomic mass is 9.99. The lowest BCUT2D eigenvalue weighted by molar-refractivity contribution is 0.0992. The molecule has 0 atom stereocenters. The van der Waals surface area contributed by atoms with Crippen molar-refractivity contribution >= 4 is 28.2 Å². The fraction of sp³-hybridized carbons (Fsp3) is 0.118. The molecule has 116 valence electrons. The highest BCUT2D eigenvalue weighted by atomic mass is 35.5. The van der Waals surface area contributed by atoms with Gasteiger partial charge in [-0.1, -0.05) is 35.4 Å². The second-order valence-electron chi connectivity index (χ2n) is 5.30. The van der Waals surface area contributed by atoms with Crippen molar-refractivity contribution in [2.24, 2.45) is 0 Å². The van der Waals surface area contributed by atoms with Crippen molar-refractivity contribution in [2.45, 2.75) is 13.3 Å². The Kier molecular flexibility index (Phi) is 3.96. The van der Waals surface area contributed by atoms with Crippen LogP contribution in [0.25, 0.3) is 10.8 Å². The number of benzene rings is 2. The molecule has 2 aromatic carbocycles. The zero-order valence-electron chi connectivity index (χ0n) is 12.2. The van der Waals surface area contributed by atoms with Crippen LogP contribution in [0.1, 0.15) is 21.5 Å². The zero-order valence-corrected chi connectivity index (χ0v) is 12.9. The highest BCUT2D eigenvalue weighted by Gasteiger charge is 2.13. The van der Waals surface area contributed by atoms with Gasteiger partial charge in [-0.15, -0.1) is 0 Å². The molecule has 0 spiro atoms. The average Bonchev–Trinajstić information content (AvgIpc) is 2.54. The van der Waals surface area contributed by atoms with Gasteiger partial charge in [-0.3, -0.25) is 9.59 Å². The van der Waals surface area contributed by atoms with Gasteiger partial charge in [-0.25, -0.2) is 9.49 Å². The Balaban J connectivity index is 2.00. The van der Waals surface area contributed by atoms with E-state index in [9.17, 15) is 14.0 Å². The van der Waals surface area contributed by atoms with E-state index in [1.165, 1.54) is 24.3 Å². The van der Waals surface area contributed by atoms with Gasteiger partial charge in [0.05, 0.1) is 5.39 Å². The van der Waals surface area contributed by atoms with Crippen LogP contribution in [-0.2, 0) is 6.42 Å². The number of fused-ring (bicyclic) bond motifs is 1. The number of hydrogen-bond acceptors (Lipinski definition) is 3. The lowest BCUT2D eigenvalue weighted by Gasteiger charge is -2.06. The van der Waals surface area contributed by atoms with Gasteiger partial charge < -0.3 is 0 Å². The van der Waals surface area contributed by atoms with E-state index in [1.54, 1.807) is 12.1 Å². The number of nitrogens with zero attached hydrogens (tertiary/aromatic N) is 1. The van der Waals surface area contributed by atoms with Gasteiger partial charge in [0.25, 0.3) is 5.56 Å². The van der Waals surface area contributed by atoms with Crippen LogP contribution >= 0.6 is 11.6 Å². The number of carbonyl (C=O) groups is 1. The van der Waals surface area contributed by atoms with Crippen molar-refractivity contribution < 1.29 is 9.18 Å². The summed E-state index contributed by atoms with van der Waals surface area (Å²) < 4.78 is 13.8. The van der Waals surface area contributed by atoms with Gasteiger partial charge >= 0.3 is 0 Å². The van der Waals surface area contributed by atoms with E-state index >= 15 is 0 Å². The molecule has 0 fully saturated rings. The molecule has 3 rings (SSSR count). The number of aromatic nitrogens is 2. The van der Waals surface area contributed by atoms with Crippen molar-refractivity contribution in [1.29, 1.82) is 0 Å². The van der Waals surface area contributed by atoms with Gasteiger partial charge in [0, 0.05) is 17.4 Å². The normalized spacial score (nSPS) is 10.9. The second-order valence-corrected chi connectivity index (χ2v) is 5.66. The number of hydrogen-bond donors (Lipinski definition) is 1. The third kappa shape index (κ3) is 3.00. The minimum atomic E-state index is -0.416. The van der Waals surface area contributed by atoms with Gasteiger partial charge in [0.2, 0.25) is 0 Å². The van der Waals surface area contributed by atoms with E-state index in [-0.39, 0.29) is 22.9 Å². The van der Waals surface area contributed by atoms with Gasteiger partial charge in [-0.05, 0) is 30.7 Å². The highest BCUT2D eigenvalue weighted by molar-refractivity contribution is 6.34. The highest BCUT2D eigenvalue weighted by Crippen LogP contribution is 2.21. The standard InChI is InChI=1S/C17H12ClFN2O2/c1-9-2-5-14(19)11(6-9)8-15(22)10-3-4-12-13(7-10)16(18)20-21-17(12)23/h2-7H,8H2,1H3,(H,21,23). The molecule has 1 heterocycles. The van der Waals surface area contributed by atoms with Crippen LogP contribution in [0.5, 0.6) is 0 Å². The average molecular weight is 331 g/mol. The molecule has 0 aliphatic carbocycles. The van der Waals surface area contributed by atoms with E-state index in [2.05, 4.69) is 10.2 Å². The number of ketones is 1. The van der Waals surface area contributed by atoms with Crippen LogP contribution in [0, 0.1) is 12.7 Å². The van der Waals surface area contributed by atoms with Crippen molar-refractivity contribution in [3.8, 4) is 0 Å². The SMILES string of the molecule is Cc1ccc(F)c(CC(=O)c2ccc3c(=O)[nH]nc(Cl)c3c2)c1. The molecular formula is C17H12ClFN2O2. The number of aromatic amines is 1. The third-order valence-corrected chi connectivity index (χ3v) is 3.90. The van der Waals surface area contributed by atoms with E-state index in [4.69, 9.17) is 11.6 Å². The quantitative estimate of drug-likeness (QED) is 0.748. The molecule has 0 saturated heterocycles. The predicted octanol–water partition coefficient (Wildman–Crippen LogP) is 3.45. The summed E-state index contributed by atoms with van der Waals surface area (Å²) in [5.74, 6) is -0.673. The number of rotatable bonds is 3. The van der Waals surface area contributed by atoms with Crippen LogP contribution in [0.3, 0.4) is 0 Å². The Morgan fingerprint density at radius 2 is 2.00 bits per heavy atom. The molecule has 3 aromatic rings. The molecule has 6 heteroatoms. The van der Waals surface area contributed by atoms with E-state index in [0.29, 0.717) is 21.9 Å². The lowest BCUT2D eigenvalue weighted by Crippen LogP contribution is -2.10. The monoisotopic (exact) mass is 330 g/mol. The fourth-order valence-corrected chi connectivity index (χ4v) is 2.62. The third-order valence-electron chi connectivity index (χ3n) is 3.62. The van der Waals surface area contributed by atoms with E-state index < -0.39 is 5.82 Å². The number of carbonyl (C=O) groups excluding carboxylic acids is 1. The first-order valence-electron chi connectivity index (χ1n) is 6.92. The fourth-order valence-electron chi connectivity index (χ4n) is 2.42. The summed E-state index contributed by atoms with van der Waals surface area (Å²) in [6.07, 6.45) is -0.0622. The molecular weight excluding hydrogens is 319 g/mol. The minimum absolute atomic E-state index is 0.0622. The van der Waals surface area contributed by atoms with Crippen molar-refractivity contribution in [3.63, 3.8) is 0 Å². The van der Waals surface area contributed by atoms with Crippen LogP contribution in [0.4, 0.5) is 4.39 Å². The van der Waals surface area contributed by atoms with Crippen LogP contribution in [0.15, 0.2) is 41.2 Å². The molecule has 4 nitrogen and oxygen atoms in total. The number of aryl methyl sites for hydroxylation is 1. The summed E-state index contributed by atoms with van der Waals surface area (Å²) >= 11 is 5.96. The first kappa shape index (κ1) is 15.4. The number of nitrogens with one attached hydrogen (secondary N) is 1. The Labute approximate surface area is 135 Å². The number of H-pyrrole nitrogens is 1. The molecule has 0 saturated carbocycles. The first-order valence-corrected chi connectivity index (χ1v) is 7.29. The van der Waals surface area contributed by atoms with Gasteiger partial charge in [0.15, 0.2) is 10.9 Å². The maximum absolute atomic E-state index is 13.8. The Bertz CT molecular complexity index is 982. The van der Waals surface area contributed by atoms with Gasteiger partial charge in [-0.2, -0.15) is 5.10 Å². The second kappa shape index (κ2) is 5.93. The van der Waals surface area contributed by atoms with Gasteiger partial charge in [0.1, 0.15) is 5.82 Å². The summed E-state index contributed by atoms with van der Waals surface area (Å²) in [6.45, 7) is 1.83. The largest absolute Gasteiger partial charge is 0.294 e. The molecule has 1 aromatic heterocycles. The molecule has 0 aliphatic rings. The summed E-state index contributed by atoms with van der Waals surface area (Å²) in [7, 11) is 0. The maximum atomic E-state index is 13.8. The topological polar surface area (TPSA) is 62.8 Å². The predicted molar refractivity (Wildman–Crippen MR) is 86.5 cm³/mol. The molecule has 1 N–H and O–H groups in total. The molecule has 0 amide bonds. The Hall–Kier alpha value is -2.53. The minimum Gasteiger partial charge on any atom is -0.294 e. The van der Waals surface area contributed by atoms with Crippen LogP contribution in [-0.4, -0.2) is 16.0 Å². The number of halogens is 2. The number of Topliss-reactive ketones (excluding diaryl/α,β-unsaturated/α-hetero) is 1. The Morgan fingerprint density at radius 3 is 2.78 bits per heavy atom. The molecule has 0 bridgehead atoms. The summed E-state index contributed by atoms with van der Waals surface area (Å²) in [5.41, 5.74) is 1.19. The van der Waals surface area contributed by atoms with Crippen LogP contribution in [0.2, 0.25) is 5.15 Å². The molecule has 23 heavy (non-hydrogen) atoms. The van der Waals surface area contributed by atoms with Crippen LogP contribution < -0.4 is 5.56 Å². The maximum Gasteiger partial charge on any atom is 0.272 e. The summed E-state index contributed by atoms with van der Waals surface area (Å²) in [5, 5.41) is 6.80. The van der Waals surface area contributed by atoms with E-state index in [0.717, 1.165) is 5.56 Å². The molecule has 0 radical (unpaired) electrons. The van der Waals surface area contributed by atoms with Crippen molar-refractivity contribution in [2.75, 3.05) is 0 Å². The summed E-state index contributed by atoms with van der Waals surface area (Å²) in [4.78, 5) is 24.1. The van der Waals surface area contributed by atoms with Crippen molar-refractivity contribution in [1.82, 2.24) is 10.2 Å². The van der Waals surface area contributed by atoms with Crippen molar-refractivity contribution in [3.05, 3.63) is 74.4 Å². The molecule has 0 aliphatic heterocycles. The first-order chi connectivity index (χ1) is 11.0. The summed E-state index contributed by atoms with van der Waals surface area (Å²) in [6, 6.07) is 9.20. The molecule has 0 unspecified atom stereocenters.